The molecule has 106 valence electrons. The minimum atomic E-state index is -0.244. The van der Waals surface area contributed by atoms with Crippen LogP contribution >= 0.6 is 15.9 Å². The van der Waals surface area contributed by atoms with E-state index in [1.54, 1.807) is 19.5 Å². The van der Waals surface area contributed by atoms with Crippen molar-refractivity contribution in [1.82, 2.24) is 19.9 Å². The smallest absolute Gasteiger partial charge is 0.265 e. The van der Waals surface area contributed by atoms with E-state index in [0.717, 1.165) is 16.6 Å². The van der Waals surface area contributed by atoms with Crippen molar-refractivity contribution in [2.45, 2.75) is 6.61 Å². The van der Waals surface area contributed by atoms with Crippen molar-refractivity contribution in [1.29, 1.82) is 0 Å². The molecule has 7 heteroatoms. The number of H-pyrrole nitrogens is 1. The summed E-state index contributed by atoms with van der Waals surface area (Å²) in [5.41, 5.74) is 2.61. The SMILES string of the molecule is COCc1nc(-c2ccc3nccnc3c2)[nH]c(=O)c1Br. The predicted molar refractivity (Wildman–Crippen MR) is 81.8 cm³/mol. The lowest BCUT2D eigenvalue weighted by Crippen LogP contribution is -2.14. The highest BCUT2D eigenvalue weighted by atomic mass is 79.9. The molecule has 0 saturated carbocycles. The number of methoxy groups -OCH3 is 1. The standard InChI is InChI=1S/C14H11BrN4O2/c1-21-7-11-12(15)14(20)19-13(18-11)8-2-3-9-10(6-8)17-5-4-16-9/h2-6H,7H2,1H3,(H,18,19,20). The van der Waals surface area contributed by atoms with Gasteiger partial charge in [-0.3, -0.25) is 14.8 Å². The molecular weight excluding hydrogens is 336 g/mol. The van der Waals surface area contributed by atoms with E-state index in [1.165, 1.54) is 0 Å². The van der Waals surface area contributed by atoms with Gasteiger partial charge in [-0.1, -0.05) is 0 Å². The largest absolute Gasteiger partial charge is 0.378 e. The van der Waals surface area contributed by atoms with Crippen LogP contribution in [0.4, 0.5) is 0 Å². The molecule has 3 aromatic rings. The molecule has 0 spiro atoms. The second kappa shape index (κ2) is 5.71. The summed E-state index contributed by atoms with van der Waals surface area (Å²) in [7, 11) is 1.56. The van der Waals surface area contributed by atoms with E-state index in [2.05, 4.69) is 35.9 Å². The zero-order chi connectivity index (χ0) is 14.8. The maximum atomic E-state index is 11.9. The molecule has 2 aromatic heterocycles. The first-order valence-electron chi connectivity index (χ1n) is 6.18. The second-order valence-electron chi connectivity index (χ2n) is 4.37. The zero-order valence-electron chi connectivity index (χ0n) is 11.1. The molecule has 0 bridgehead atoms. The maximum absolute atomic E-state index is 11.9. The van der Waals surface area contributed by atoms with E-state index < -0.39 is 0 Å². The Morgan fingerprint density at radius 2 is 2.00 bits per heavy atom. The predicted octanol–water partition coefficient (Wildman–Crippen LogP) is 2.29. The molecule has 0 aliphatic heterocycles. The fraction of sp³-hybridized carbons (Fsp3) is 0.143. The van der Waals surface area contributed by atoms with Crippen molar-refractivity contribution in [3.05, 3.63) is 51.1 Å². The van der Waals surface area contributed by atoms with Crippen molar-refractivity contribution >= 4 is 27.0 Å². The van der Waals surface area contributed by atoms with Crippen LogP contribution < -0.4 is 5.56 Å². The summed E-state index contributed by atoms with van der Waals surface area (Å²) >= 11 is 3.22. The Bertz CT molecular complexity index is 863. The molecule has 21 heavy (non-hydrogen) atoms. The summed E-state index contributed by atoms with van der Waals surface area (Å²) in [6, 6.07) is 5.53. The van der Waals surface area contributed by atoms with Crippen LogP contribution in [0.25, 0.3) is 22.4 Å². The molecule has 0 unspecified atom stereocenters. The van der Waals surface area contributed by atoms with E-state index in [9.17, 15) is 4.79 Å². The van der Waals surface area contributed by atoms with Crippen LogP contribution in [-0.2, 0) is 11.3 Å². The van der Waals surface area contributed by atoms with E-state index in [4.69, 9.17) is 4.74 Å². The van der Waals surface area contributed by atoms with Crippen LogP contribution in [0, 0.1) is 0 Å². The summed E-state index contributed by atoms with van der Waals surface area (Å²) in [4.78, 5) is 27.6. The molecule has 0 radical (unpaired) electrons. The lowest BCUT2D eigenvalue weighted by atomic mass is 10.2. The quantitative estimate of drug-likeness (QED) is 0.786. The van der Waals surface area contributed by atoms with Gasteiger partial charge in [0.2, 0.25) is 0 Å². The highest BCUT2D eigenvalue weighted by Gasteiger charge is 2.11. The number of aromatic amines is 1. The number of rotatable bonds is 3. The van der Waals surface area contributed by atoms with Crippen LogP contribution in [0.5, 0.6) is 0 Å². The number of fused-ring (bicyclic) bond motifs is 1. The third-order valence-electron chi connectivity index (χ3n) is 2.96. The average Bonchev–Trinajstić information content (AvgIpc) is 2.51. The maximum Gasteiger partial charge on any atom is 0.265 e. The number of aromatic nitrogens is 4. The van der Waals surface area contributed by atoms with Crippen LogP contribution in [0.2, 0.25) is 0 Å². The van der Waals surface area contributed by atoms with Gasteiger partial charge in [0.05, 0.1) is 23.3 Å². The molecule has 0 aliphatic rings. The Balaban J connectivity index is 2.15. The molecule has 0 aliphatic carbocycles. The van der Waals surface area contributed by atoms with Gasteiger partial charge in [0, 0.05) is 25.1 Å². The number of nitrogens with one attached hydrogen (secondary N) is 1. The van der Waals surface area contributed by atoms with Gasteiger partial charge in [-0.2, -0.15) is 0 Å². The van der Waals surface area contributed by atoms with Gasteiger partial charge in [0.1, 0.15) is 10.3 Å². The highest BCUT2D eigenvalue weighted by molar-refractivity contribution is 9.10. The number of ether oxygens (including phenoxy) is 1. The van der Waals surface area contributed by atoms with Crippen LogP contribution in [0.15, 0.2) is 39.9 Å². The first-order chi connectivity index (χ1) is 10.2. The number of hydrogen-bond donors (Lipinski definition) is 1. The highest BCUT2D eigenvalue weighted by Crippen LogP contribution is 2.20. The van der Waals surface area contributed by atoms with Crippen molar-refractivity contribution in [3.63, 3.8) is 0 Å². The molecule has 0 saturated heterocycles. The number of nitrogens with zero attached hydrogens (tertiary/aromatic N) is 3. The Morgan fingerprint density at radius 3 is 2.76 bits per heavy atom. The number of benzene rings is 1. The van der Waals surface area contributed by atoms with E-state index >= 15 is 0 Å². The van der Waals surface area contributed by atoms with Gasteiger partial charge in [0.15, 0.2) is 0 Å². The molecule has 0 amide bonds. The molecule has 0 fully saturated rings. The molecule has 1 aromatic carbocycles. The van der Waals surface area contributed by atoms with Gasteiger partial charge < -0.3 is 9.72 Å². The van der Waals surface area contributed by atoms with Gasteiger partial charge in [0.25, 0.3) is 5.56 Å². The lowest BCUT2D eigenvalue weighted by molar-refractivity contribution is 0.180. The molecule has 1 N–H and O–H groups in total. The normalized spacial score (nSPS) is 11.0. The van der Waals surface area contributed by atoms with E-state index in [0.29, 0.717) is 16.0 Å². The van der Waals surface area contributed by atoms with Crippen LogP contribution in [0.1, 0.15) is 5.69 Å². The van der Waals surface area contributed by atoms with E-state index in [-0.39, 0.29) is 12.2 Å². The fourth-order valence-electron chi connectivity index (χ4n) is 1.99. The van der Waals surface area contributed by atoms with Crippen molar-refractivity contribution < 1.29 is 4.74 Å². The summed E-state index contributed by atoms with van der Waals surface area (Å²) in [6.45, 7) is 0.255. The Kier molecular flexibility index (Phi) is 3.76. The first kappa shape index (κ1) is 13.8. The fourth-order valence-corrected chi connectivity index (χ4v) is 2.29. The number of halogens is 1. The molecule has 6 nitrogen and oxygen atoms in total. The Labute approximate surface area is 128 Å². The van der Waals surface area contributed by atoms with Crippen molar-refractivity contribution in [2.75, 3.05) is 7.11 Å². The summed E-state index contributed by atoms with van der Waals surface area (Å²) < 4.78 is 5.44. The minimum absolute atomic E-state index is 0.244. The molecule has 0 atom stereocenters. The van der Waals surface area contributed by atoms with Gasteiger partial charge in [-0.05, 0) is 34.1 Å². The van der Waals surface area contributed by atoms with Crippen LogP contribution in [-0.4, -0.2) is 27.0 Å². The van der Waals surface area contributed by atoms with Gasteiger partial charge >= 0.3 is 0 Å². The molecule has 3 rings (SSSR count). The third-order valence-corrected chi connectivity index (χ3v) is 3.77. The Morgan fingerprint density at radius 1 is 1.24 bits per heavy atom. The van der Waals surface area contributed by atoms with Crippen molar-refractivity contribution in [3.8, 4) is 11.4 Å². The topological polar surface area (TPSA) is 80.8 Å². The van der Waals surface area contributed by atoms with E-state index in [1.807, 2.05) is 18.2 Å². The summed E-state index contributed by atoms with van der Waals surface area (Å²) in [6.07, 6.45) is 3.26. The monoisotopic (exact) mass is 346 g/mol. The molecule has 2 heterocycles. The lowest BCUT2D eigenvalue weighted by Gasteiger charge is -2.06. The van der Waals surface area contributed by atoms with Crippen LogP contribution in [0.3, 0.4) is 0 Å². The van der Waals surface area contributed by atoms with Crippen molar-refractivity contribution in [2.24, 2.45) is 0 Å². The minimum Gasteiger partial charge on any atom is -0.378 e. The first-order valence-corrected chi connectivity index (χ1v) is 6.97. The second-order valence-corrected chi connectivity index (χ2v) is 5.16. The number of hydrogen-bond acceptors (Lipinski definition) is 5. The summed E-state index contributed by atoms with van der Waals surface area (Å²) in [5, 5.41) is 0. The Hall–Kier alpha value is -2.12. The summed E-state index contributed by atoms with van der Waals surface area (Å²) in [5.74, 6) is 0.475. The average molecular weight is 347 g/mol. The van der Waals surface area contributed by atoms with Gasteiger partial charge in [-0.25, -0.2) is 4.98 Å². The zero-order valence-corrected chi connectivity index (χ0v) is 12.7. The van der Waals surface area contributed by atoms with Gasteiger partial charge in [-0.15, -0.1) is 0 Å². The third kappa shape index (κ3) is 2.70. The molecular formula is C14H11BrN4O2.